The molecular formula is C12H18N2S. The highest BCUT2D eigenvalue weighted by Gasteiger charge is 2.16. The summed E-state index contributed by atoms with van der Waals surface area (Å²) in [6.45, 7) is 5.93. The van der Waals surface area contributed by atoms with Crippen molar-refractivity contribution in [2.24, 2.45) is 5.41 Å². The maximum absolute atomic E-state index is 8.90. The number of hydrogen-bond donors (Lipinski definition) is 0. The first-order valence-electron chi connectivity index (χ1n) is 5.14. The van der Waals surface area contributed by atoms with E-state index in [1.807, 2.05) is 13.8 Å². The van der Waals surface area contributed by atoms with Crippen LogP contribution < -0.4 is 0 Å². The normalized spacial score (nSPS) is 11.7. The molecule has 1 aromatic rings. The molecule has 0 amide bonds. The SMILES string of the molecule is CN(CCC(C)(C)C#N)Cc1ccsc1. The topological polar surface area (TPSA) is 27.0 Å². The number of rotatable bonds is 5. The summed E-state index contributed by atoms with van der Waals surface area (Å²) in [7, 11) is 2.10. The average molecular weight is 222 g/mol. The Morgan fingerprint density at radius 1 is 1.53 bits per heavy atom. The summed E-state index contributed by atoms with van der Waals surface area (Å²) in [5.41, 5.74) is 1.15. The van der Waals surface area contributed by atoms with Crippen LogP contribution in [0.4, 0.5) is 0 Å². The van der Waals surface area contributed by atoms with E-state index in [-0.39, 0.29) is 5.41 Å². The summed E-state index contributed by atoms with van der Waals surface area (Å²) in [6, 6.07) is 4.48. The van der Waals surface area contributed by atoms with Crippen LogP contribution >= 0.6 is 11.3 Å². The molecule has 0 saturated heterocycles. The molecule has 0 aliphatic carbocycles. The minimum absolute atomic E-state index is 0.205. The van der Waals surface area contributed by atoms with Gasteiger partial charge < -0.3 is 4.90 Å². The Morgan fingerprint density at radius 2 is 2.27 bits per heavy atom. The van der Waals surface area contributed by atoms with Crippen molar-refractivity contribution in [3.63, 3.8) is 0 Å². The van der Waals surface area contributed by atoms with Gasteiger partial charge in [0.1, 0.15) is 0 Å². The van der Waals surface area contributed by atoms with E-state index >= 15 is 0 Å². The van der Waals surface area contributed by atoms with Gasteiger partial charge in [0.15, 0.2) is 0 Å². The van der Waals surface area contributed by atoms with Crippen LogP contribution in [0.5, 0.6) is 0 Å². The van der Waals surface area contributed by atoms with Gasteiger partial charge in [-0.1, -0.05) is 0 Å². The molecule has 0 spiro atoms. The highest BCUT2D eigenvalue weighted by molar-refractivity contribution is 7.07. The minimum atomic E-state index is -0.205. The van der Waals surface area contributed by atoms with E-state index in [4.69, 9.17) is 5.26 Å². The zero-order valence-electron chi connectivity index (χ0n) is 9.66. The summed E-state index contributed by atoms with van der Waals surface area (Å²) in [5, 5.41) is 13.2. The molecular weight excluding hydrogens is 204 g/mol. The molecule has 82 valence electrons. The Balaban J connectivity index is 2.32. The summed E-state index contributed by atoms with van der Waals surface area (Å²) in [4.78, 5) is 2.27. The van der Waals surface area contributed by atoms with Gasteiger partial charge in [-0.05, 0) is 56.3 Å². The number of thiophene rings is 1. The highest BCUT2D eigenvalue weighted by Crippen LogP contribution is 2.19. The van der Waals surface area contributed by atoms with Crippen LogP contribution in [0.3, 0.4) is 0 Å². The maximum Gasteiger partial charge on any atom is 0.0684 e. The summed E-state index contributed by atoms with van der Waals surface area (Å²) in [5.74, 6) is 0. The summed E-state index contributed by atoms with van der Waals surface area (Å²) >= 11 is 1.73. The molecule has 0 atom stereocenters. The Morgan fingerprint density at radius 3 is 2.80 bits per heavy atom. The van der Waals surface area contributed by atoms with Crippen LogP contribution in [-0.2, 0) is 6.54 Å². The van der Waals surface area contributed by atoms with Gasteiger partial charge in [-0.2, -0.15) is 16.6 Å². The van der Waals surface area contributed by atoms with Crippen molar-refractivity contribution in [1.29, 1.82) is 5.26 Å². The first-order valence-corrected chi connectivity index (χ1v) is 6.09. The monoisotopic (exact) mass is 222 g/mol. The molecule has 0 radical (unpaired) electrons. The second kappa shape index (κ2) is 5.29. The Labute approximate surface area is 96.1 Å². The molecule has 0 aliphatic heterocycles. The fourth-order valence-electron chi connectivity index (χ4n) is 1.30. The Bertz CT molecular complexity index is 322. The molecule has 2 nitrogen and oxygen atoms in total. The fraction of sp³-hybridized carbons (Fsp3) is 0.583. The second-order valence-electron chi connectivity index (χ2n) is 4.62. The molecule has 0 aromatic carbocycles. The first-order chi connectivity index (χ1) is 7.03. The van der Waals surface area contributed by atoms with Gasteiger partial charge in [-0.15, -0.1) is 0 Å². The zero-order chi connectivity index (χ0) is 11.3. The summed E-state index contributed by atoms with van der Waals surface area (Å²) < 4.78 is 0. The summed E-state index contributed by atoms with van der Waals surface area (Å²) in [6.07, 6.45) is 0.921. The molecule has 0 saturated carbocycles. The second-order valence-corrected chi connectivity index (χ2v) is 5.40. The van der Waals surface area contributed by atoms with Crippen molar-refractivity contribution in [3.8, 4) is 6.07 Å². The smallest absolute Gasteiger partial charge is 0.0684 e. The van der Waals surface area contributed by atoms with Crippen molar-refractivity contribution in [1.82, 2.24) is 4.90 Å². The maximum atomic E-state index is 8.90. The molecule has 1 aromatic heterocycles. The number of nitriles is 1. The molecule has 0 fully saturated rings. The van der Waals surface area contributed by atoms with Crippen molar-refractivity contribution in [2.75, 3.05) is 13.6 Å². The number of hydrogen-bond acceptors (Lipinski definition) is 3. The molecule has 0 bridgehead atoms. The molecule has 0 aliphatic rings. The van der Waals surface area contributed by atoms with E-state index in [2.05, 4.69) is 34.8 Å². The molecule has 1 rings (SSSR count). The van der Waals surface area contributed by atoms with Crippen LogP contribution in [0.2, 0.25) is 0 Å². The van der Waals surface area contributed by atoms with Crippen molar-refractivity contribution < 1.29 is 0 Å². The minimum Gasteiger partial charge on any atom is -0.302 e. The lowest BCUT2D eigenvalue weighted by Gasteiger charge is -2.21. The largest absolute Gasteiger partial charge is 0.302 e. The van der Waals surface area contributed by atoms with Crippen LogP contribution in [0, 0.1) is 16.7 Å². The average Bonchev–Trinajstić information content (AvgIpc) is 2.68. The molecule has 0 N–H and O–H groups in total. The van der Waals surface area contributed by atoms with Crippen LogP contribution in [0.15, 0.2) is 16.8 Å². The van der Waals surface area contributed by atoms with E-state index < -0.39 is 0 Å². The predicted molar refractivity (Wildman–Crippen MR) is 64.7 cm³/mol. The van der Waals surface area contributed by atoms with E-state index in [0.29, 0.717) is 0 Å². The van der Waals surface area contributed by atoms with Crippen LogP contribution in [0.1, 0.15) is 25.8 Å². The first kappa shape index (κ1) is 12.2. The third kappa shape index (κ3) is 4.46. The van der Waals surface area contributed by atoms with Gasteiger partial charge in [-0.3, -0.25) is 0 Å². The molecule has 1 heterocycles. The molecule has 0 unspecified atom stereocenters. The van der Waals surface area contributed by atoms with Gasteiger partial charge in [0.25, 0.3) is 0 Å². The van der Waals surface area contributed by atoms with Gasteiger partial charge in [0, 0.05) is 6.54 Å². The van der Waals surface area contributed by atoms with Crippen molar-refractivity contribution in [2.45, 2.75) is 26.8 Å². The Hall–Kier alpha value is -0.850. The molecule has 15 heavy (non-hydrogen) atoms. The highest BCUT2D eigenvalue weighted by atomic mass is 32.1. The lowest BCUT2D eigenvalue weighted by molar-refractivity contribution is 0.280. The Kier molecular flexibility index (Phi) is 4.31. The lowest BCUT2D eigenvalue weighted by atomic mass is 9.91. The standard InChI is InChI=1S/C12H18N2S/c1-12(2,10-13)5-6-14(3)8-11-4-7-15-9-11/h4,7,9H,5-6,8H2,1-3H3. The number of nitrogens with zero attached hydrogens (tertiary/aromatic N) is 2. The fourth-order valence-corrected chi connectivity index (χ4v) is 1.96. The van der Waals surface area contributed by atoms with Gasteiger partial charge >= 0.3 is 0 Å². The van der Waals surface area contributed by atoms with E-state index in [9.17, 15) is 0 Å². The van der Waals surface area contributed by atoms with Crippen LogP contribution in [-0.4, -0.2) is 18.5 Å². The van der Waals surface area contributed by atoms with E-state index in [1.165, 1.54) is 5.56 Å². The van der Waals surface area contributed by atoms with Gasteiger partial charge in [0.05, 0.1) is 11.5 Å². The predicted octanol–water partition coefficient (Wildman–Crippen LogP) is 3.12. The molecule has 3 heteroatoms. The van der Waals surface area contributed by atoms with E-state index in [1.54, 1.807) is 11.3 Å². The van der Waals surface area contributed by atoms with Gasteiger partial charge in [-0.25, -0.2) is 0 Å². The third-order valence-electron chi connectivity index (χ3n) is 2.45. The van der Waals surface area contributed by atoms with Crippen LogP contribution in [0.25, 0.3) is 0 Å². The van der Waals surface area contributed by atoms with Gasteiger partial charge in [0.2, 0.25) is 0 Å². The zero-order valence-corrected chi connectivity index (χ0v) is 10.5. The third-order valence-corrected chi connectivity index (χ3v) is 3.19. The quantitative estimate of drug-likeness (QED) is 0.765. The van der Waals surface area contributed by atoms with Crippen molar-refractivity contribution >= 4 is 11.3 Å². The lowest BCUT2D eigenvalue weighted by Crippen LogP contribution is -2.23. The van der Waals surface area contributed by atoms with Crippen molar-refractivity contribution in [3.05, 3.63) is 22.4 Å². The van der Waals surface area contributed by atoms with E-state index in [0.717, 1.165) is 19.5 Å².